The molecule has 3 heterocycles. The maximum Gasteiger partial charge on any atom is 0.150 e. The zero-order chi connectivity index (χ0) is 7.84. The summed E-state index contributed by atoms with van der Waals surface area (Å²) in [4.78, 5) is 13.6. The molecule has 3 fully saturated rings. The first-order chi connectivity index (χ1) is 5.31. The van der Waals surface area contributed by atoms with E-state index in [9.17, 15) is 4.79 Å². The maximum absolute atomic E-state index is 11.3. The molecule has 3 aliphatic heterocycles. The predicted octanol–water partition coefficient (Wildman–Crippen LogP) is 1.04. The van der Waals surface area contributed by atoms with Gasteiger partial charge in [-0.25, -0.2) is 0 Å². The summed E-state index contributed by atoms with van der Waals surface area (Å²) < 4.78 is 0. The fourth-order valence-corrected chi connectivity index (χ4v) is 2.76. The number of halogens is 1. The van der Waals surface area contributed by atoms with Crippen molar-refractivity contribution in [1.82, 2.24) is 4.90 Å². The molecule has 3 saturated heterocycles. The van der Waals surface area contributed by atoms with E-state index in [0.29, 0.717) is 24.3 Å². The van der Waals surface area contributed by atoms with E-state index < -0.39 is 0 Å². The smallest absolute Gasteiger partial charge is 0.150 e. The van der Waals surface area contributed by atoms with Crippen LogP contribution in [-0.4, -0.2) is 35.1 Å². The van der Waals surface area contributed by atoms with E-state index in [2.05, 4.69) is 20.8 Å². The van der Waals surface area contributed by atoms with Gasteiger partial charge >= 0.3 is 0 Å². The fourth-order valence-electron chi connectivity index (χ4n) is 2.09. The second-order valence-electron chi connectivity index (χ2n) is 3.47. The Morgan fingerprint density at radius 1 is 1.64 bits per heavy atom. The lowest BCUT2D eigenvalue weighted by molar-refractivity contribution is -0.132. The van der Waals surface area contributed by atoms with Crippen LogP contribution in [0.2, 0.25) is 0 Å². The summed E-state index contributed by atoms with van der Waals surface area (Å²) in [6, 6.07) is 0.631. The van der Waals surface area contributed by atoms with Gasteiger partial charge in [0, 0.05) is 17.3 Å². The second kappa shape index (κ2) is 2.87. The van der Waals surface area contributed by atoms with Crippen molar-refractivity contribution >= 4 is 21.7 Å². The van der Waals surface area contributed by atoms with Gasteiger partial charge in [0.2, 0.25) is 0 Å². The third-order valence-electron chi connectivity index (χ3n) is 2.83. The van der Waals surface area contributed by atoms with Crippen LogP contribution < -0.4 is 0 Å². The van der Waals surface area contributed by atoms with Gasteiger partial charge in [-0.15, -0.1) is 0 Å². The van der Waals surface area contributed by atoms with Crippen molar-refractivity contribution in [3.8, 4) is 0 Å². The quantitative estimate of drug-likeness (QED) is 0.613. The number of ketones is 1. The molecule has 0 saturated carbocycles. The first kappa shape index (κ1) is 7.74. The van der Waals surface area contributed by atoms with E-state index >= 15 is 0 Å². The standard InChI is InChI=1S/C8H12BrNO/c9-4-7-3-6-1-2-10(7)5-8(6)11/h6-7H,1-5H2/t6-,7+/m0/s1. The molecule has 3 atom stereocenters. The summed E-state index contributed by atoms with van der Waals surface area (Å²) in [5.74, 6) is 0.857. The van der Waals surface area contributed by atoms with Crippen LogP contribution in [0.1, 0.15) is 12.8 Å². The molecule has 0 N–H and O–H groups in total. The lowest BCUT2D eigenvalue weighted by Crippen LogP contribution is -2.54. The Bertz CT molecular complexity index is 183. The number of carbonyl (C=O) groups is 1. The number of alkyl halides is 1. The van der Waals surface area contributed by atoms with Crippen molar-refractivity contribution in [1.29, 1.82) is 0 Å². The Kier molecular flexibility index (Phi) is 2.02. The maximum atomic E-state index is 11.3. The van der Waals surface area contributed by atoms with Gasteiger partial charge in [-0.2, -0.15) is 0 Å². The Balaban J connectivity index is 2.10. The SMILES string of the molecule is O=C1CN2CC[C@H]1C[C@@H]2CBr. The number of piperidine rings is 3. The van der Waals surface area contributed by atoms with Crippen LogP contribution in [0.5, 0.6) is 0 Å². The highest BCUT2D eigenvalue weighted by Gasteiger charge is 2.38. The minimum absolute atomic E-state index is 0.391. The highest BCUT2D eigenvalue weighted by atomic mass is 79.9. The molecule has 0 aromatic carbocycles. The Morgan fingerprint density at radius 2 is 2.45 bits per heavy atom. The van der Waals surface area contributed by atoms with Gasteiger partial charge in [-0.3, -0.25) is 9.69 Å². The van der Waals surface area contributed by atoms with E-state index in [4.69, 9.17) is 0 Å². The zero-order valence-corrected chi connectivity index (χ0v) is 8.01. The average Bonchev–Trinajstić information content (AvgIpc) is 2.05. The molecular formula is C8H12BrNO. The lowest BCUT2D eigenvalue weighted by Gasteiger charge is -2.43. The minimum atomic E-state index is 0.391. The molecule has 0 radical (unpaired) electrons. The highest BCUT2D eigenvalue weighted by molar-refractivity contribution is 9.09. The largest absolute Gasteiger partial charge is 0.298 e. The normalized spacial score (nSPS) is 43.0. The van der Waals surface area contributed by atoms with Gasteiger partial charge in [-0.05, 0) is 19.4 Å². The number of carbonyl (C=O) groups excluding carboxylic acids is 1. The van der Waals surface area contributed by atoms with E-state index in [-0.39, 0.29) is 0 Å². The summed E-state index contributed by atoms with van der Waals surface area (Å²) in [5, 5.41) is 1.02. The number of fused-ring (bicyclic) bond motifs is 3. The van der Waals surface area contributed by atoms with Gasteiger partial charge in [-0.1, -0.05) is 15.9 Å². The van der Waals surface area contributed by atoms with Gasteiger partial charge in [0.25, 0.3) is 0 Å². The van der Waals surface area contributed by atoms with Crippen molar-refractivity contribution in [2.45, 2.75) is 18.9 Å². The number of hydrogen-bond acceptors (Lipinski definition) is 2. The minimum Gasteiger partial charge on any atom is -0.298 e. The van der Waals surface area contributed by atoms with Crippen LogP contribution in [0.4, 0.5) is 0 Å². The molecule has 11 heavy (non-hydrogen) atoms. The molecule has 0 aliphatic carbocycles. The van der Waals surface area contributed by atoms with Crippen LogP contribution in [0.15, 0.2) is 0 Å². The summed E-state index contributed by atoms with van der Waals surface area (Å²) >= 11 is 3.48. The predicted molar refractivity (Wildman–Crippen MR) is 46.9 cm³/mol. The van der Waals surface area contributed by atoms with Crippen molar-refractivity contribution < 1.29 is 4.79 Å². The van der Waals surface area contributed by atoms with Crippen LogP contribution in [-0.2, 0) is 4.79 Å². The molecule has 62 valence electrons. The van der Waals surface area contributed by atoms with Crippen LogP contribution in [0.3, 0.4) is 0 Å². The number of rotatable bonds is 1. The summed E-state index contributed by atoms with van der Waals surface area (Å²) in [5.41, 5.74) is 0. The van der Waals surface area contributed by atoms with Gasteiger partial charge in [0.1, 0.15) is 5.78 Å². The molecule has 1 unspecified atom stereocenters. The molecule has 3 heteroatoms. The molecule has 0 spiro atoms. The van der Waals surface area contributed by atoms with Gasteiger partial charge < -0.3 is 0 Å². The first-order valence-corrected chi connectivity index (χ1v) is 5.26. The molecule has 2 nitrogen and oxygen atoms in total. The van der Waals surface area contributed by atoms with Crippen molar-refractivity contribution in [2.75, 3.05) is 18.4 Å². The third kappa shape index (κ3) is 1.25. The first-order valence-electron chi connectivity index (χ1n) is 4.14. The van der Waals surface area contributed by atoms with Crippen LogP contribution in [0.25, 0.3) is 0 Å². The van der Waals surface area contributed by atoms with Crippen LogP contribution >= 0.6 is 15.9 Å². The summed E-state index contributed by atoms with van der Waals surface area (Å²) in [7, 11) is 0. The van der Waals surface area contributed by atoms with E-state index in [1.807, 2.05) is 0 Å². The molecule has 0 aromatic rings. The summed E-state index contributed by atoms with van der Waals surface area (Å²) in [6.07, 6.45) is 2.19. The molecule has 3 rings (SSSR count). The Morgan fingerprint density at radius 3 is 2.91 bits per heavy atom. The Labute approximate surface area is 75.1 Å². The molecule has 2 bridgehead atoms. The molecular weight excluding hydrogens is 206 g/mol. The van der Waals surface area contributed by atoms with E-state index in [1.165, 1.54) is 0 Å². The topological polar surface area (TPSA) is 20.3 Å². The van der Waals surface area contributed by atoms with Crippen molar-refractivity contribution in [2.24, 2.45) is 5.92 Å². The van der Waals surface area contributed by atoms with Crippen molar-refractivity contribution in [3.05, 3.63) is 0 Å². The lowest BCUT2D eigenvalue weighted by atomic mass is 9.83. The van der Waals surface area contributed by atoms with Crippen LogP contribution in [0, 0.1) is 5.92 Å². The van der Waals surface area contributed by atoms with E-state index in [1.54, 1.807) is 0 Å². The van der Waals surface area contributed by atoms with E-state index in [0.717, 1.165) is 24.7 Å². The summed E-state index contributed by atoms with van der Waals surface area (Å²) in [6.45, 7) is 1.84. The number of Topliss-reactive ketones (excluding diaryl/α,β-unsaturated/α-hetero) is 1. The number of nitrogens with zero attached hydrogens (tertiary/aromatic N) is 1. The monoisotopic (exact) mass is 217 g/mol. The molecule has 0 aromatic heterocycles. The van der Waals surface area contributed by atoms with Gasteiger partial charge in [0.15, 0.2) is 0 Å². The molecule has 3 aliphatic rings. The molecule has 0 amide bonds. The number of hydrogen-bond donors (Lipinski definition) is 0. The Hall–Kier alpha value is 0.110. The third-order valence-corrected chi connectivity index (χ3v) is 3.58. The highest BCUT2D eigenvalue weighted by Crippen LogP contribution is 2.30. The van der Waals surface area contributed by atoms with Gasteiger partial charge in [0.05, 0.1) is 6.54 Å². The second-order valence-corrected chi connectivity index (χ2v) is 4.11. The average molecular weight is 218 g/mol. The fraction of sp³-hybridized carbons (Fsp3) is 0.875. The zero-order valence-electron chi connectivity index (χ0n) is 6.42. The van der Waals surface area contributed by atoms with Crippen molar-refractivity contribution in [3.63, 3.8) is 0 Å².